The van der Waals surface area contributed by atoms with Crippen molar-refractivity contribution < 1.29 is 24.3 Å². The Morgan fingerprint density at radius 3 is 2.60 bits per heavy atom. The van der Waals surface area contributed by atoms with Crippen molar-refractivity contribution in [1.82, 2.24) is 9.80 Å². The SMILES string of the molecule is CN1C(=O)C(=O)N(Cc2cc(C=CC(=O)O)cs2)C1=O. The summed E-state index contributed by atoms with van der Waals surface area (Å²) >= 11 is 1.27. The fourth-order valence-corrected chi connectivity index (χ4v) is 2.49. The molecule has 0 saturated carbocycles. The van der Waals surface area contributed by atoms with Crippen molar-refractivity contribution in [3.63, 3.8) is 0 Å². The summed E-state index contributed by atoms with van der Waals surface area (Å²) in [6.45, 7) is -0.000670. The zero-order valence-corrected chi connectivity index (χ0v) is 11.2. The van der Waals surface area contributed by atoms with Crippen molar-refractivity contribution in [3.05, 3.63) is 28.0 Å². The van der Waals surface area contributed by atoms with Crippen LogP contribution in [-0.4, -0.2) is 45.8 Å². The Morgan fingerprint density at radius 1 is 1.35 bits per heavy atom. The highest BCUT2D eigenvalue weighted by Crippen LogP contribution is 2.21. The Bertz CT molecular complexity index is 634. The van der Waals surface area contributed by atoms with Crippen molar-refractivity contribution in [2.75, 3.05) is 7.05 Å². The molecule has 4 amide bonds. The van der Waals surface area contributed by atoms with E-state index in [9.17, 15) is 19.2 Å². The Hall–Kier alpha value is -2.48. The van der Waals surface area contributed by atoms with Gasteiger partial charge in [-0.3, -0.25) is 19.4 Å². The maximum Gasteiger partial charge on any atom is 0.334 e. The minimum Gasteiger partial charge on any atom is -0.478 e. The maximum absolute atomic E-state index is 11.7. The van der Waals surface area contributed by atoms with Gasteiger partial charge in [-0.25, -0.2) is 9.59 Å². The minimum atomic E-state index is -1.06. The summed E-state index contributed by atoms with van der Waals surface area (Å²) in [6.07, 6.45) is 2.41. The first-order chi connectivity index (χ1) is 9.40. The van der Waals surface area contributed by atoms with Crippen LogP contribution in [-0.2, 0) is 20.9 Å². The van der Waals surface area contributed by atoms with E-state index in [4.69, 9.17) is 5.11 Å². The molecule has 0 aliphatic carbocycles. The monoisotopic (exact) mass is 294 g/mol. The number of nitrogens with zero attached hydrogens (tertiary/aromatic N) is 2. The number of carbonyl (C=O) groups is 4. The molecule has 0 spiro atoms. The fourth-order valence-electron chi connectivity index (χ4n) is 1.64. The van der Waals surface area contributed by atoms with Crippen molar-refractivity contribution >= 4 is 41.2 Å². The molecular weight excluding hydrogens is 284 g/mol. The molecule has 1 saturated heterocycles. The summed E-state index contributed by atoms with van der Waals surface area (Å²) in [6, 6.07) is 1.00. The Balaban J connectivity index is 2.11. The number of hydrogen-bond acceptors (Lipinski definition) is 5. The molecule has 0 unspecified atom stereocenters. The lowest BCUT2D eigenvalue weighted by Crippen LogP contribution is -2.30. The van der Waals surface area contributed by atoms with E-state index in [0.717, 1.165) is 15.9 Å². The van der Waals surface area contributed by atoms with Crippen LogP contribution < -0.4 is 0 Å². The fraction of sp³-hybridized carbons (Fsp3) is 0.167. The largest absolute Gasteiger partial charge is 0.478 e. The molecule has 2 heterocycles. The first-order valence-electron chi connectivity index (χ1n) is 5.52. The third kappa shape index (κ3) is 2.59. The van der Waals surface area contributed by atoms with Crippen molar-refractivity contribution in [1.29, 1.82) is 0 Å². The summed E-state index contributed by atoms with van der Waals surface area (Å²) in [5.41, 5.74) is 0.658. The number of aliphatic carboxylic acids is 1. The van der Waals surface area contributed by atoms with Crippen LogP contribution >= 0.6 is 11.3 Å². The zero-order valence-electron chi connectivity index (χ0n) is 10.4. The molecule has 0 radical (unpaired) electrons. The highest BCUT2D eigenvalue weighted by atomic mass is 32.1. The molecule has 1 fully saturated rings. The van der Waals surface area contributed by atoms with Crippen LogP contribution in [0.15, 0.2) is 17.5 Å². The zero-order chi connectivity index (χ0) is 14.9. The van der Waals surface area contributed by atoms with E-state index in [0.29, 0.717) is 10.4 Å². The van der Waals surface area contributed by atoms with Gasteiger partial charge in [-0.15, -0.1) is 11.3 Å². The van der Waals surface area contributed by atoms with Crippen LogP contribution in [0.4, 0.5) is 4.79 Å². The number of carboxylic acid groups (broad SMARTS) is 1. The van der Waals surface area contributed by atoms with Crippen LogP contribution in [0, 0.1) is 0 Å². The van der Waals surface area contributed by atoms with E-state index in [2.05, 4.69) is 0 Å². The van der Waals surface area contributed by atoms with Gasteiger partial charge in [0.25, 0.3) is 0 Å². The lowest BCUT2D eigenvalue weighted by Gasteiger charge is -2.10. The number of thiophene rings is 1. The van der Waals surface area contributed by atoms with Gasteiger partial charge in [-0.1, -0.05) is 0 Å². The number of rotatable bonds is 4. The third-order valence-corrected chi connectivity index (χ3v) is 3.60. The van der Waals surface area contributed by atoms with E-state index in [1.807, 2.05) is 0 Å². The van der Waals surface area contributed by atoms with Crippen molar-refractivity contribution in [2.45, 2.75) is 6.54 Å². The molecule has 0 bridgehead atoms. The quantitative estimate of drug-likeness (QED) is 0.502. The van der Waals surface area contributed by atoms with Gasteiger partial charge in [0.1, 0.15) is 0 Å². The van der Waals surface area contributed by atoms with Gasteiger partial charge in [0, 0.05) is 18.0 Å². The molecule has 1 aromatic rings. The third-order valence-electron chi connectivity index (χ3n) is 2.66. The molecule has 20 heavy (non-hydrogen) atoms. The molecule has 0 atom stereocenters. The smallest absolute Gasteiger partial charge is 0.334 e. The highest BCUT2D eigenvalue weighted by Gasteiger charge is 2.42. The first kappa shape index (κ1) is 13.9. The molecule has 1 aliphatic rings. The van der Waals surface area contributed by atoms with Crippen molar-refractivity contribution in [3.8, 4) is 0 Å². The van der Waals surface area contributed by atoms with E-state index < -0.39 is 23.8 Å². The van der Waals surface area contributed by atoms with Gasteiger partial charge in [0.15, 0.2) is 0 Å². The predicted octanol–water partition coefficient (Wildman–Crippen LogP) is 0.766. The second-order valence-electron chi connectivity index (χ2n) is 4.06. The van der Waals surface area contributed by atoms with Crippen LogP contribution in [0.25, 0.3) is 6.08 Å². The molecule has 7 nitrogen and oxygen atoms in total. The Morgan fingerprint density at radius 2 is 2.05 bits per heavy atom. The normalized spacial score (nSPS) is 15.8. The predicted molar refractivity (Wildman–Crippen MR) is 69.7 cm³/mol. The second-order valence-corrected chi connectivity index (χ2v) is 5.05. The van der Waals surface area contributed by atoms with Crippen LogP contribution in [0.5, 0.6) is 0 Å². The lowest BCUT2D eigenvalue weighted by molar-refractivity contribution is -0.143. The second kappa shape index (κ2) is 5.25. The van der Waals surface area contributed by atoms with Gasteiger partial charge in [0.05, 0.1) is 6.54 Å². The number of amides is 4. The molecule has 1 aromatic heterocycles. The van der Waals surface area contributed by atoms with Crippen LogP contribution in [0.1, 0.15) is 10.4 Å². The number of hydrogen-bond donors (Lipinski definition) is 1. The topological polar surface area (TPSA) is 95.0 Å². The first-order valence-corrected chi connectivity index (χ1v) is 6.40. The molecule has 2 rings (SSSR count). The average molecular weight is 294 g/mol. The van der Waals surface area contributed by atoms with Gasteiger partial charge in [0.2, 0.25) is 0 Å². The van der Waals surface area contributed by atoms with E-state index >= 15 is 0 Å². The van der Waals surface area contributed by atoms with Gasteiger partial charge < -0.3 is 5.11 Å². The average Bonchev–Trinajstić information content (AvgIpc) is 2.92. The van der Waals surface area contributed by atoms with E-state index in [1.165, 1.54) is 24.5 Å². The summed E-state index contributed by atoms with van der Waals surface area (Å²) in [7, 11) is 1.25. The number of carbonyl (C=O) groups excluding carboxylic acids is 3. The number of likely N-dealkylation sites (N-methyl/N-ethyl adjacent to an activating group) is 1. The Labute approximate surface area is 117 Å². The standard InChI is InChI=1S/C12H10N2O5S/c1-13-10(17)11(18)14(12(13)19)5-8-4-7(6-20-8)2-3-9(15)16/h2-4,6H,5H2,1H3,(H,15,16). The summed E-state index contributed by atoms with van der Waals surface area (Å²) in [5, 5.41) is 10.2. The van der Waals surface area contributed by atoms with Gasteiger partial charge in [-0.05, 0) is 23.1 Å². The highest BCUT2D eigenvalue weighted by molar-refractivity contribution is 7.10. The summed E-state index contributed by atoms with van der Waals surface area (Å²) in [4.78, 5) is 47.3. The van der Waals surface area contributed by atoms with E-state index in [1.54, 1.807) is 11.4 Å². The summed E-state index contributed by atoms with van der Waals surface area (Å²) < 4.78 is 0. The molecule has 8 heteroatoms. The molecule has 1 aliphatic heterocycles. The maximum atomic E-state index is 11.7. The van der Waals surface area contributed by atoms with Gasteiger partial charge >= 0.3 is 23.8 Å². The van der Waals surface area contributed by atoms with Crippen LogP contribution in [0.2, 0.25) is 0 Å². The molecule has 0 aromatic carbocycles. The molecular formula is C12H10N2O5S. The van der Waals surface area contributed by atoms with Gasteiger partial charge in [-0.2, -0.15) is 0 Å². The number of imide groups is 2. The van der Waals surface area contributed by atoms with Crippen LogP contribution in [0.3, 0.4) is 0 Å². The van der Waals surface area contributed by atoms with Crippen molar-refractivity contribution in [2.24, 2.45) is 0 Å². The summed E-state index contributed by atoms with van der Waals surface area (Å²) in [5.74, 6) is -2.76. The lowest BCUT2D eigenvalue weighted by atomic mass is 10.3. The molecule has 104 valence electrons. The van der Waals surface area contributed by atoms with E-state index in [-0.39, 0.29) is 6.54 Å². The Kier molecular flexibility index (Phi) is 3.66. The number of carboxylic acids is 1. The molecule has 1 N–H and O–H groups in total. The minimum absolute atomic E-state index is 0.000670. The number of urea groups is 1.